The fraction of sp³-hybridized carbons (Fsp3) is 0.476. The molecule has 0 atom stereocenters. The van der Waals surface area contributed by atoms with Crippen LogP contribution in [0.3, 0.4) is 0 Å². The Kier molecular flexibility index (Phi) is 4.52. The van der Waals surface area contributed by atoms with E-state index in [9.17, 15) is 0 Å². The minimum atomic E-state index is -0.00352. The van der Waals surface area contributed by atoms with Gasteiger partial charge in [0.05, 0.1) is 18.5 Å². The summed E-state index contributed by atoms with van der Waals surface area (Å²) in [6.45, 7) is 9.04. The lowest BCUT2D eigenvalue weighted by atomic mass is 9.93. The van der Waals surface area contributed by atoms with Crippen LogP contribution in [0.15, 0.2) is 36.8 Å². The fourth-order valence-corrected chi connectivity index (χ4v) is 3.72. The quantitative estimate of drug-likeness (QED) is 0.515. The van der Waals surface area contributed by atoms with E-state index in [-0.39, 0.29) is 5.41 Å². The van der Waals surface area contributed by atoms with Crippen molar-refractivity contribution in [2.24, 2.45) is 5.92 Å². The highest BCUT2D eigenvalue weighted by atomic mass is 16.5. The molecule has 0 N–H and O–H groups in total. The lowest BCUT2D eigenvalue weighted by Crippen LogP contribution is -2.36. The first kappa shape index (κ1) is 18.8. The molecule has 4 aromatic heterocycles. The van der Waals surface area contributed by atoms with Crippen LogP contribution in [0.2, 0.25) is 0 Å². The van der Waals surface area contributed by atoms with E-state index in [2.05, 4.69) is 51.0 Å². The Labute approximate surface area is 174 Å². The van der Waals surface area contributed by atoms with Gasteiger partial charge in [-0.15, -0.1) is 20.4 Å². The van der Waals surface area contributed by atoms with Crippen molar-refractivity contribution in [3.05, 3.63) is 42.5 Å². The number of piperidine rings is 1. The van der Waals surface area contributed by atoms with Gasteiger partial charge in [0.25, 0.3) is 0 Å². The van der Waals surface area contributed by atoms with Gasteiger partial charge in [0.15, 0.2) is 11.3 Å². The number of nitrogens with zero attached hydrogens (tertiary/aromatic N) is 8. The molecule has 9 heteroatoms. The molecule has 156 valence electrons. The number of hydrogen-bond donors (Lipinski definition) is 0. The Morgan fingerprint density at radius 1 is 1.00 bits per heavy atom. The third-order valence-electron chi connectivity index (χ3n) is 5.62. The van der Waals surface area contributed by atoms with Gasteiger partial charge >= 0.3 is 0 Å². The summed E-state index contributed by atoms with van der Waals surface area (Å²) in [4.78, 5) is 6.96. The number of imidazole rings is 1. The summed E-state index contributed by atoms with van der Waals surface area (Å²) < 4.78 is 9.55. The van der Waals surface area contributed by atoms with Crippen molar-refractivity contribution < 1.29 is 4.74 Å². The molecule has 1 fully saturated rings. The highest BCUT2D eigenvalue weighted by Crippen LogP contribution is 2.24. The fourth-order valence-electron chi connectivity index (χ4n) is 3.72. The molecular weight excluding hydrogens is 380 g/mol. The zero-order valence-corrected chi connectivity index (χ0v) is 17.6. The smallest absolute Gasteiger partial charge is 0.231 e. The predicted octanol–water partition coefficient (Wildman–Crippen LogP) is 2.76. The standard InChI is InChI=1S/C21H26N8O/c1-21(2,3)16-12-28-17(23-16)6-7-20(26-28)30-13-15-8-10-27(11-9-15)19-5-4-18-24-22-14-29(18)25-19/h4-7,12,14-15H,8-11,13H2,1-3H3. The monoisotopic (exact) mass is 406 g/mol. The number of fused-ring (bicyclic) bond motifs is 2. The first-order valence-electron chi connectivity index (χ1n) is 10.4. The van der Waals surface area contributed by atoms with Crippen molar-refractivity contribution in [1.29, 1.82) is 0 Å². The van der Waals surface area contributed by atoms with Gasteiger partial charge in [0, 0.05) is 24.6 Å². The summed E-state index contributed by atoms with van der Waals surface area (Å²) in [5.74, 6) is 2.11. The molecule has 0 saturated carbocycles. The molecule has 4 aromatic rings. The van der Waals surface area contributed by atoms with Gasteiger partial charge in [-0.05, 0) is 37.0 Å². The molecule has 0 aromatic carbocycles. The van der Waals surface area contributed by atoms with Gasteiger partial charge < -0.3 is 9.64 Å². The normalized spacial score (nSPS) is 15.9. The van der Waals surface area contributed by atoms with E-state index in [1.165, 1.54) is 0 Å². The summed E-state index contributed by atoms with van der Waals surface area (Å²) in [5, 5.41) is 17.1. The molecule has 30 heavy (non-hydrogen) atoms. The second kappa shape index (κ2) is 7.23. The van der Waals surface area contributed by atoms with E-state index in [0.717, 1.165) is 48.7 Å². The molecular formula is C21H26N8O. The predicted molar refractivity (Wildman–Crippen MR) is 113 cm³/mol. The zero-order valence-electron chi connectivity index (χ0n) is 17.6. The van der Waals surface area contributed by atoms with E-state index >= 15 is 0 Å². The summed E-state index contributed by atoms with van der Waals surface area (Å²) in [6, 6.07) is 7.83. The van der Waals surface area contributed by atoms with Crippen molar-refractivity contribution in [3.8, 4) is 5.88 Å². The Balaban J connectivity index is 1.18. The van der Waals surface area contributed by atoms with Crippen LogP contribution < -0.4 is 9.64 Å². The Morgan fingerprint density at radius 2 is 1.80 bits per heavy atom. The molecule has 1 aliphatic rings. The summed E-state index contributed by atoms with van der Waals surface area (Å²) in [6.07, 6.45) is 5.74. The van der Waals surface area contributed by atoms with E-state index in [1.54, 1.807) is 10.8 Å². The molecule has 0 amide bonds. The highest BCUT2D eigenvalue weighted by molar-refractivity contribution is 5.45. The van der Waals surface area contributed by atoms with Crippen molar-refractivity contribution in [2.45, 2.75) is 39.0 Å². The van der Waals surface area contributed by atoms with Gasteiger partial charge in [-0.1, -0.05) is 20.8 Å². The third-order valence-corrected chi connectivity index (χ3v) is 5.62. The Hall–Kier alpha value is -3.23. The lowest BCUT2D eigenvalue weighted by molar-refractivity contribution is 0.213. The van der Waals surface area contributed by atoms with Gasteiger partial charge in [-0.3, -0.25) is 0 Å². The summed E-state index contributed by atoms with van der Waals surface area (Å²) in [7, 11) is 0. The molecule has 0 bridgehead atoms. The molecule has 0 radical (unpaired) electrons. The van der Waals surface area contributed by atoms with Crippen LogP contribution in [0, 0.1) is 5.92 Å². The molecule has 0 spiro atoms. The zero-order chi connectivity index (χ0) is 20.7. The molecule has 1 aliphatic heterocycles. The van der Waals surface area contributed by atoms with E-state index in [0.29, 0.717) is 18.4 Å². The van der Waals surface area contributed by atoms with Crippen molar-refractivity contribution >= 4 is 17.1 Å². The summed E-state index contributed by atoms with van der Waals surface area (Å²) in [5.41, 5.74) is 2.63. The maximum absolute atomic E-state index is 6.02. The average molecular weight is 406 g/mol. The minimum Gasteiger partial charge on any atom is -0.476 e. The van der Waals surface area contributed by atoms with Crippen LogP contribution in [-0.4, -0.2) is 54.1 Å². The van der Waals surface area contributed by atoms with Gasteiger partial charge in [0.2, 0.25) is 5.88 Å². The largest absolute Gasteiger partial charge is 0.476 e. The van der Waals surface area contributed by atoms with E-state index in [1.807, 2.05) is 35.0 Å². The lowest BCUT2D eigenvalue weighted by Gasteiger charge is -2.32. The van der Waals surface area contributed by atoms with Crippen LogP contribution in [0.1, 0.15) is 39.3 Å². The summed E-state index contributed by atoms with van der Waals surface area (Å²) >= 11 is 0. The molecule has 1 saturated heterocycles. The number of rotatable bonds is 4. The SMILES string of the molecule is CC(C)(C)c1cn2nc(OCC3CCN(c4ccc5nncn5n4)CC3)ccc2n1. The van der Waals surface area contributed by atoms with Crippen LogP contribution in [0.25, 0.3) is 11.3 Å². The van der Waals surface area contributed by atoms with Crippen LogP contribution in [-0.2, 0) is 5.41 Å². The van der Waals surface area contributed by atoms with Crippen molar-refractivity contribution in [1.82, 2.24) is 34.4 Å². The van der Waals surface area contributed by atoms with Crippen LogP contribution >= 0.6 is 0 Å². The first-order valence-corrected chi connectivity index (χ1v) is 10.4. The number of hydrogen-bond acceptors (Lipinski definition) is 7. The Morgan fingerprint density at radius 3 is 2.60 bits per heavy atom. The van der Waals surface area contributed by atoms with Crippen molar-refractivity contribution in [2.75, 3.05) is 24.6 Å². The van der Waals surface area contributed by atoms with Crippen LogP contribution in [0.5, 0.6) is 5.88 Å². The molecule has 9 nitrogen and oxygen atoms in total. The minimum absolute atomic E-state index is 0.00352. The van der Waals surface area contributed by atoms with Crippen molar-refractivity contribution in [3.63, 3.8) is 0 Å². The molecule has 5 rings (SSSR count). The topological polar surface area (TPSA) is 85.7 Å². The third kappa shape index (κ3) is 3.67. The number of ether oxygens (including phenoxy) is 1. The second-order valence-electron chi connectivity index (χ2n) is 8.92. The molecule has 5 heterocycles. The highest BCUT2D eigenvalue weighted by Gasteiger charge is 2.22. The van der Waals surface area contributed by atoms with Gasteiger partial charge in [-0.2, -0.15) is 4.52 Å². The average Bonchev–Trinajstić information content (AvgIpc) is 3.38. The van der Waals surface area contributed by atoms with E-state index < -0.39 is 0 Å². The number of aromatic nitrogens is 7. The molecule has 0 unspecified atom stereocenters. The maximum atomic E-state index is 6.02. The molecule has 0 aliphatic carbocycles. The Bertz CT molecular complexity index is 1170. The van der Waals surface area contributed by atoms with Crippen LogP contribution in [0.4, 0.5) is 5.82 Å². The maximum Gasteiger partial charge on any atom is 0.231 e. The first-order chi connectivity index (χ1) is 14.5. The van der Waals surface area contributed by atoms with E-state index in [4.69, 9.17) is 4.74 Å². The van der Waals surface area contributed by atoms with Gasteiger partial charge in [-0.25, -0.2) is 9.50 Å². The second-order valence-corrected chi connectivity index (χ2v) is 8.92. The number of anilines is 1. The van der Waals surface area contributed by atoms with Gasteiger partial charge in [0.1, 0.15) is 12.1 Å².